The standard InChI is InChI=1S/C17H19N3O3/c1-11(2)13-6-4-5-12(3)16(13)20-15(21)10-23-17(22)14-9-18-7-8-19-14/h4-9,11H,10H2,1-3H3,(H,20,21). The van der Waals surface area contributed by atoms with Gasteiger partial charge in [-0.2, -0.15) is 0 Å². The van der Waals surface area contributed by atoms with Gasteiger partial charge in [0.2, 0.25) is 0 Å². The molecule has 0 radical (unpaired) electrons. The zero-order valence-electron chi connectivity index (χ0n) is 13.4. The molecule has 23 heavy (non-hydrogen) atoms. The predicted octanol–water partition coefficient (Wildman–Crippen LogP) is 2.70. The molecule has 0 atom stereocenters. The van der Waals surface area contributed by atoms with Gasteiger partial charge in [0.15, 0.2) is 12.3 Å². The molecule has 1 amide bonds. The number of aryl methyl sites for hydroxylation is 1. The van der Waals surface area contributed by atoms with Crippen molar-refractivity contribution in [1.82, 2.24) is 9.97 Å². The zero-order chi connectivity index (χ0) is 16.8. The Bertz CT molecular complexity index is 699. The van der Waals surface area contributed by atoms with Crippen LogP contribution in [0.25, 0.3) is 0 Å². The molecule has 1 aromatic carbocycles. The van der Waals surface area contributed by atoms with Crippen LogP contribution >= 0.6 is 0 Å². The second-order valence-electron chi connectivity index (χ2n) is 5.41. The lowest BCUT2D eigenvalue weighted by molar-refractivity contribution is -0.119. The number of anilines is 1. The lowest BCUT2D eigenvalue weighted by Gasteiger charge is -2.16. The maximum absolute atomic E-state index is 12.1. The summed E-state index contributed by atoms with van der Waals surface area (Å²) >= 11 is 0. The van der Waals surface area contributed by atoms with Crippen molar-refractivity contribution >= 4 is 17.6 Å². The van der Waals surface area contributed by atoms with Crippen molar-refractivity contribution in [1.29, 1.82) is 0 Å². The summed E-state index contributed by atoms with van der Waals surface area (Å²) in [6.45, 7) is 5.66. The number of aromatic nitrogens is 2. The highest BCUT2D eigenvalue weighted by Crippen LogP contribution is 2.27. The van der Waals surface area contributed by atoms with Crippen molar-refractivity contribution in [2.45, 2.75) is 26.7 Å². The van der Waals surface area contributed by atoms with E-state index in [1.165, 1.54) is 18.6 Å². The molecule has 0 saturated carbocycles. The minimum absolute atomic E-state index is 0.0686. The molecule has 6 heteroatoms. The molecule has 120 valence electrons. The SMILES string of the molecule is Cc1cccc(C(C)C)c1NC(=O)COC(=O)c1cnccn1. The molecule has 0 aliphatic heterocycles. The van der Waals surface area contributed by atoms with E-state index >= 15 is 0 Å². The number of para-hydroxylation sites is 1. The molecular weight excluding hydrogens is 294 g/mol. The third-order valence-electron chi connectivity index (χ3n) is 3.30. The molecule has 0 unspecified atom stereocenters. The minimum Gasteiger partial charge on any atom is -0.451 e. The Morgan fingerprint density at radius 2 is 2.04 bits per heavy atom. The van der Waals surface area contributed by atoms with Gasteiger partial charge in [-0.3, -0.25) is 9.78 Å². The molecule has 2 rings (SSSR count). The molecule has 1 aromatic heterocycles. The molecule has 0 spiro atoms. The summed E-state index contributed by atoms with van der Waals surface area (Å²) < 4.78 is 4.95. The van der Waals surface area contributed by atoms with Crippen molar-refractivity contribution in [3.05, 3.63) is 53.6 Å². The average Bonchev–Trinajstić information content (AvgIpc) is 2.55. The Kier molecular flexibility index (Phi) is 5.41. The first-order valence-corrected chi connectivity index (χ1v) is 7.31. The smallest absolute Gasteiger partial charge is 0.359 e. The van der Waals surface area contributed by atoms with Crippen LogP contribution in [0.15, 0.2) is 36.8 Å². The molecule has 1 heterocycles. The fraction of sp³-hybridized carbons (Fsp3) is 0.294. The van der Waals surface area contributed by atoms with E-state index in [9.17, 15) is 9.59 Å². The summed E-state index contributed by atoms with van der Waals surface area (Å²) in [5, 5.41) is 2.81. The van der Waals surface area contributed by atoms with Crippen LogP contribution in [0, 0.1) is 6.92 Å². The third-order valence-corrected chi connectivity index (χ3v) is 3.30. The zero-order valence-corrected chi connectivity index (χ0v) is 13.4. The lowest BCUT2D eigenvalue weighted by atomic mass is 9.98. The summed E-state index contributed by atoms with van der Waals surface area (Å²) in [4.78, 5) is 31.4. The second-order valence-corrected chi connectivity index (χ2v) is 5.41. The highest BCUT2D eigenvalue weighted by atomic mass is 16.5. The highest BCUT2D eigenvalue weighted by Gasteiger charge is 2.15. The number of carbonyl (C=O) groups excluding carboxylic acids is 2. The number of hydrogen-bond acceptors (Lipinski definition) is 5. The number of rotatable bonds is 5. The average molecular weight is 313 g/mol. The maximum atomic E-state index is 12.1. The minimum atomic E-state index is -0.679. The van der Waals surface area contributed by atoms with Crippen LogP contribution in [0.5, 0.6) is 0 Å². The van der Waals surface area contributed by atoms with Crippen LogP contribution in [0.3, 0.4) is 0 Å². The van der Waals surface area contributed by atoms with Crippen LogP contribution in [0.2, 0.25) is 0 Å². The van der Waals surface area contributed by atoms with Crippen LogP contribution in [-0.4, -0.2) is 28.5 Å². The molecule has 0 saturated heterocycles. The van der Waals surface area contributed by atoms with Crippen LogP contribution < -0.4 is 5.32 Å². The first-order valence-electron chi connectivity index (χ1n) is 7.31. The third kappa shape index (κ3) is 4.35. The number of carbonyl (C=O) groups is 2. The summed E-state index contributed by atoms with van der Waals surface area (Å²) in [5.74, 6) is -0.798. The molecular formula is C17H19N3O3. The van der Waals surface area contributed by atoms with E-state index in [4.69, 9.17) is 4.74 Å². The summed E-state index contributed by atoms with van der Waals surface area (Å²) in [7, 11) is 0. The number of nitrogens with one attached hydrogen (secondary N) is 1. The second kappa shape index (κ2) is 7.49. The van der Waals surface area contributed by atoms with Gasteiger partial charge in [0.1, 0.15) is 0 Å². The fourth-order valence-corrected chi connectivity index (χ4v) is 2.13. The molecule has 0 bridgehead atoms. The number of esters is 1. The van der Waals surface area contributed by atoms with E-state index in [1.54, 1.807) is 0 Å². The van der Waals surface area contributed by atoms with Crippen LogP contribution in [0.1, 0.15) is 41.4 Å². The molecule has 0 aliphatic carbocycles. The first kappa shape index (κ1) is 16.6. The van der Waals surface area contributed by atoms with Gasteiger partial charge in [0.05, 0.1) is 6.20 Å². The van der Waals surface area contributed by atoms with Gasteiger partial charge in [0.25, 0.3) is 5.91 Å². The Hall–Kier alpha value is -2.76. The summed E-state index contributed by atoms with van der Waals surface area (Å²) in [5.41, 5.74) is 2.84. The predicted molar refractivity (Wildman–Crippen MR) is 86.2 cm³/mol. The maximum Gasteiger partial charge on any atom is 0.359 e. The number of benzene rings is 1. The Morgan fingerprint density at radius 1 is 1.26 bits per heavy atom. The van der Waals surface area contributed by atoms with Crippen molar-refractivity contribution in [3.8, 4) is 0 Å². The van der Waals surface area contributed by atoms with E-state index in [1.807, 2.05) is 25.1 Å². The fourth-order valence-electron chi connectivity index (χ4n) is 2.13. The van der Waals surface area contributed by atoms with Gasteiger partial charge in [-0.15, -0.1) is 0 Å². The van der Waals surface area contributed by atoms with E-state index in [0.29, 0.717) is 0 Å². The number of amides is 1. The quantitative estimate of drug-likeness (QED) is 0.858. The molecule has 2 aromatic rings. The molecule has 6 nitrogen and oxygen atoms in total. The Labute approximate surface area is 134 Å². The number of ether oxygens (including phenoxy) is 1. The highest BCUT2D eigenvalue weighted by molar-refractivity contribution is 5.95. The van der Waals surface area contributed by atoms with Gasteiger partial charge < -0.3 is 10.1 Å². The van der Waals surface area contributed by atoms with Gasteiger partial charge in [0, 0.05) is 18.1 Å². The van der Waals surface area contributed by atoms with Gasteiger partial charge in [-0.05, 0) is 24.0 Å². The van der Waals surface area contributed by atoms with Crippen molar-refractivity contribution in [3.63, 3.8) is 0 Å². The van der Waals surface area contributed by atoms with Crippen LogP contribution in [0.4, 0.5) is 5.69 Å². The topological polar surface area (TPSA) is 81.2 Å². The monoisotopic (exact) mass is 313 g/mol. The van der Waals surface area contributed by atoms with Gasteiger partial charge in [-0.1, -0.05) is 32.0 Å². The normalized spacial score (nSPS) is 10.4. The Morgan fingerprint density at radius 3 is 2.70 bits per heavy atom. The van der Waals surface area contributed by atoms with Gasteiger partial charge in [-0.25, -0.2) is 9.78 Å². The first-order chi connectivity index (χ1) is 11.0. The van der Waals surface area contributed by atoms with Crippen molar-refractivity contribution in [2.24, 2.45) is 0 Å². The van der Waals surface area contributed by atoms with Crippen LogP contribution in [-0.2, 0) is 9.53 Å². The summed E-state index contributed by atoms with van der Waals surface area (Å²) in [6.07, 6.45) is 4.13. The Balaban J connectivity index is 1.99. The molecule has 0 aliphatic rings. The van der Waals surface area contributed by atoms with Gasteiger partial charge >= 0.3 is 5.97 Å². The van der Waals surface area contributed by atoms with E-state index in [2.05, 4.69) is 29.1 Å². The molecule has 0 fully saturated rings. The number of nitrogens with zero attached hydrogens (tertiary/aromatic N) is 2. The summed E-state index contributed by atoms with van der Waals surface area (Å²) in [6, 6.07) is 5.85. The largest absolute Gasteiger partial charge is 0.451 e. The van der Waals surface area contributed by atoms with Crippen molar-refractivity contribution in [2.75, 3.05) is 11.9 Å². The van der Waals surface area contributed by atoms with E-state index in [0.717, 1.165) is 16.8 Å². The van der Waals surface area contributed by atoms with E-state index < -0.39 is 11.9 Å². The number of hydrogen-bond donors (Lipinski definition) is 1. The lowest BCUT2D eigenvalue weighted by Crippen LogP contribution is -2.22. The molecule has 1 N–H and O–H groups in total. The van der Waals surface area contributed by atoms with E-state index in [-0.39, 0.29) is 18.2 Å². The van der Waals surface area contributed by atoms with Crippen molar-refractivity contribution < 1.29 is 14.3 Å².